The molecule has 100 valence electrons. The number of hydrogen-bond acceptors (Lipinski definition) is 3. The molecule has 4 nitrogen and oxygen atoms in total. The van der Waals surface area contributed by atoms with E-state index in [4.69, 9.17) is 10.5 Å². The fourth-order valence-electron chi connectivity index (χ4n) is 2.27. The summed E-state index contributed by atoms with van der Waals surface area (Å²) in [6.45, 7) is 10.7. The molecule has 17 heavy (non-hydrogen) atoms. The summed E-state index contributed by atoms with van der Waals surface area (Å²) in [5, 5.41) is 3.05. The highest BCUT2D eigenvalue weighted by atomic mass is 16.5. The average molecular weight is 242 g/mol. The van der Waals surface area contributed by atoms with E-state index >= 15 is 0 Å². The van der Waals surface area contributed by atoms with Gasteiger partial charge in [-0.05, 0) is 27.2 Å². The van der Waals surface area contributed by atoms with Gasteiger partial charge in [-0.25, -0.2) is 0 Å². The summed E-state index contributed by atoms with van der Waals surface area (Å²) >= 11 is 0. The van der Waals surface area contributed by atoms with Gasteiger partial charge in [0.2, 0.25) is 5.91 Å². The molecule has 0 heterocycles. The molecule has 0 spiro atoms. The van der Waals surface area contributed by atoms with Crippen molar-refractivity contribution in [2.24, 2.45) is 11.1 Å². The maximum atomic E-state index is 11.8. The van der Waals surface area contributed by atoms with E-state index in [1.54, 1.807) is 0 Å². The summed E-state index contributed by atoms with van der Waals surface area (Å²) in [7, 11) is 0. The molecular formula is C13H26N2O2. The standard InChI is InChI=1S/C13H26N2O2/c1-6-17-10-7-9(13(10,4)5)15-11(16)8-12(2,3)14/h9-10H,6-8,14H2,1-5H3,(H,15,16). The minimum Gasteiger partial charge on any atom is -0.378 e. The van der Waals surface area contributed by atoms with Gasteiger partial charge in [0, 0.05) is 30.0 Å². The molecule has 1 amide bonds. The molecule has 2 atom stereocenters. The Bertz CT molecular complexity index is 282. The minimum absolute atomic E-state index is 0.0183. The monoisotopic (exact) mass is 242 g/mol. The Morgan fingerprint density at radius 2 is 2.12 bits per heavy atom. The van der Waals surface area contributed by atoms with Gasteiger partial charge in [0.05, 0.1) is 6.10 Å². The Kier molecular flexibility index (Phi) is 4.20. The van der Waals surface area contributed by atoms with Gasteiger partial charge >= 0.3 is 0 Å². The first kappa shape index (κ1) is 14.5. The van der Waals surface area contributed by atoms with Crippen molar-refractivity contribution in [3.63, 3.8) is 0 Å². The summed E-state index contributed by atoms with van der Waals surface area (Å²) in [5.41, 5.74) is 5.40. The first-order valence-electron chi connectivity index (χ1n) is 6.36. The number of amides is 1. The van der Waals surface area contributed by atoms with E-state index in [1.807, 2.05) is 20.8 Å². The third-order valence-corrected chi connectivity index (χ3v) is 3.50. The van der Waals surface area contributed by atoms with Gasteiger partial charge < -0.3 is 15.8 Å². The molecule has 3 N–H and O–H groups in total. The first-order valence-corrected chi connectivity index (χ1v) is 6.36. The number of rotatable bonds is 5. The van der Waals surface area contributed by atoms with E-state index in [0.717, 1.165) is 13.0 Å². The van der Waals surface area contributed by atoms with E-state index in [0.29, 0.717) is 6.42 Å². The van der Waals surface area contributed by atoms with Crippen LogP contribution in [-0.4, -0.2) is 30.2 Å². The number of hydrogen-bond donors (Lipinski definition) is 2. The second-order valence-corrected chi connectivity index (χ2v) is 6.29. The molecule has 0 radical (unpaired) electrons. The van der Waals surface area contributed by atoms with E-state index in [1.165, 1.54) is 0 Å². The van der Waals surface area contributed by atoms with Gasteiger partial charge in [-0.2, -0.15) is 0 Å². The molecule has 2 unspecified atom stereocenters. The van der Waals surface area contributed by atoms with Crippen LogP contribution in [0.4, 0.5) is 0 Å². The minimum atomic E-state index is -0.447. The maximum Gasteiger partial charge on any atom is 0.222 e. The third kappa shape index (κ3) is 3.68. The van der Waals surface area contributed by atoms with Crippen LogP contribution in [0.25, 0.3) is 0 Å². The Labute approximate surface area is 104 Å². The van der Waals surface area contributed by atoms with E-state index in [9.17, 15) is 4.79 Å². The van der Waals surface area contributed by atoms with Crippen molar-refractivity contribution in [2.45, 2.75) is 65.1 Å². The average Bonchev–Trinajstić information content (AvgIpc) is 2.13. The predicted molar refractivity (Wildman–Crippen MR) is 68.6 cm³/mol. The lowest BCUT2D eigenvalue weighted by molar-refractivity contribution is -0.137. The zero-order chi connectivity index (χ0) is 13.3. The highest BCUT2D eigenvalue weighted by molar-refractivity contribution is 5.77. The van der Waals surface area contributed by atoms with Crippen molar-refractivity contribution < 1.29 is 9.53 Å². The van der Waals surface area contributed by atoms with Gasteiger partial charge in [-0.3, -0.25) is 4.79 Å². The van der Waals surface area contributed by atoms with Crippen LogP contribution in [0.15, 0.2) is 0 Å². The zero-order valence-corrected chi connectivity index (χ0v) is 11.7. The SMILES string of the molecule is CCOC1CC(NC(=O)CC(C)(C)N)C1(C)C. The fourth-order valence-corrected chi connectivity index (χ4v) is 2.27. The summed E-state index contributed by atoms with van der Waals surface area (Å²) in [4.78, 5) is 11.8. The molecule has 4 heteroatoms. The summed E-state index contributed by atoms with van der Waals surface area (Å²) in [6, 6.07) is 0.203. The summed E-state index contributed by atoms with van der Waals surface area (Å²) in [6.07, 6.45) is 1.51. The smallest absolute Gasteiger partial charge is 0.222 e. The van der Waals surface area contributed by atoms with E-state index in [2.05, 4.69) is 19.2 Å². The van der Waals surface area contributed by atoms with Crippen molar-refractivity contribution in [1.29, 1.82) is 0 Å². The molecule has 1 saturated carbocycles. The van der Waals surface area contributed by atoms with Crippen molar-refractivity contribution in [3.05, 3.63) is 0 Å². The van der Waals surface area contributed by atoms with Crippen LogP contribution < -0.4 is 11.1 Å². The van der Waals surface area contributed by atoms with Crippen LogP contribution in [0.3, 0.4) is 0 Å². The Morgan fingerprint density at radius 1 is 1.53 bits per heavy atom. The third-order valence-electron chi connectivity index (χ3n) is 3.50. The van der Waals surface area contributed by atoms with E-state index < -0.39 is 5.54 Å². The van der Waals surface area contributed by atoms with Crippen molar-refractivity contribution >= 4 is 5.91 Å². The lowest BCUT2D eigenvalue weighted by atomic mass is 9.64. The summed E-state index contributed by atoms with van der Waals surface area (Å²) < 4.78 is 5.63. The molecule has 0 aromatic carbocycles. The van der Waals surface area contributed by atoms with Crippen LogP contribution in [0.2, 0.25) is 0 Å². The Hall–Kier alpha value is -0.610. The molecular weight excluding hydrogens is 216 g/mol. The van der Waals surface area contributed by atoms with Crippen LogP contribution in [0.1, 0.15) is 47.5 Å². The van der Waals surface area contributed by atoms with E-state index in [-0.39, 0.29) is 23.5 Å². The molecule has 1 aliphatic carbocycles. The molecule has 0 bridgehead atoms. The van der Waals surface area contributed by atoms with Gasteiger partial charge in [0.1, 0.15) is 0 Å². The highest BCUT2D eigenvalue weighted by Crippen LogP contribution is 2.42. The molecule has 0 aromatic heterocycles. The van der Waals surface area contributed by atoms with Crippen LogP contribution >= 0.6 is 0 Å². The normalized spacial score (nSPS) is 27.4. The van der Waals surface area contributed by atoms with Crippen LogP contribution in [-0.2, 0) is 9.53 Å². The number of carbonyl (C=O) groups excluding carboxylic acids is 1. The number of nitrogens with one attached hydrogen (secondary N) is 1. The quantitative estimate of drug-likeness (QED) is 0.766. The van der Waals surface area contributed by atoms with Crippen molar-refractivity contribution in [1.82, 2.24) is 5.32 Å². The van der Waals surface area contributed by atoms with Gasteiger partial charge in [-0.1, -0.05) is 13.8 Å². The molecule has 0 aromatic rings. The molecule has 0 aliphatic heterocycles. The van der Waals surface area contributed by atoms with Gasteiger partial charge in [-0.15, -0.1) is 0 Å². The number of nitrogens with two attached hydrogens (primary N) is 1. The lowest BCUT2D eigenvalue weighted by Crippen LogP contribution is -2.62. The Balaban J connectivity index is 2.42. The zero-order valence-electron chi connectivity index (χ0n) is 11.7. The summed E-state index contributed by atoms with van der Waals surface area (Å²) in [5.74, 6) is 0.0329. The van der Waals surface area contributed by atoms with Crippen molar-refractivity contribution in [2.75, 3.05) is 6.61 Å². The van der Waals surface area contributed by atoms with Crippen LogP contribution in [0, 0.1) is 5.41 Å². The molecule has 0 saturated heterocycles. The molecule has 1 fully saturated rings. The van der Waals surface area contributed by atoms with Gasteiger partial charge in [0.25, 0.3) is 0 Å². The number of carbonyl (C=O) groups is 1. The predicted octanol–water partition coefficient (Wildman–Crippen LogP) is 1.43. The van der Waals surface area contributed by atoms with Gasteiger partial charge in [0.15, 0.2) is 0 Å². The second-order valence-electron chi connectivity index (χ2n) is 6.29. The lowest BCUT2D eigenvalue weighted by Gasteiger charge is -2.51. The second kappa shape index (κ2) is 4.94. The van der Waals surface area contributed by atoms with Crippen molar-refractivity contribution in [3.8, 4) is 0 Å². The molecule has 1 aliphatic rings. The van der Waals surface area contributed by atoms with Crippen LogP contribution in [0.5, 0.6) is 0 Å². The highest BCUT2D eigenvalue weighted by Gasteiger charge is 2.49. The largest absolute Gasteiger partial charge is 0.378 e. The Morgan fingerprint density at radius 3 is 2.53 bits per heavy atom. The fraction of sp³-hybridized carbons (Fsp3) is 0.923. The maximum absolute atomic E-state index is 11.8. The first-order chi connectivity index (χ1) is 7.66. The number of ether oxygens (including phenoxy) is 1. The molecule has 1 rings (SSSR count). The topological polar surface area (TPSA) is 64.3 Å².